The molecule has 2 aromatic heterocycles. The van der Waals surface area contributed by atoms with E-state index in [0.29, 0.717) is 32.0 Å². The topological polar surface area (TPSA) is 131 Å². The van der Waals surface area contributed by atoms with E-state index in [1.165, 1.54) is 13.2 Å². The maximum absolute atomic E-state index is 13.5. The Balaban J connectivity index is 1.93. The number of nitrogens with zero attached hydrogens (tertiary/aromatic N) is 4. The van der Waals surface area contributed by atoms with Crippen molar-refractivity contribution in [3.63, 3.8) is 0 Å². The van der Waals surface area contributed by atoms with Crippen LogP contribution in [0.3, 0.4) is 0 Å². The number of pyridine rings is 1. The molecular formula is C22H24N4O7S. The molecule has 0 spiro atoms. The predicted molar refractivity (Wildman–Crippen MR) is 125 cm³/mol. The lowest BCUT2D eigenvalue weighted by atomic mass is 10.2. The van der Waals surface area contributed by atoms with Crippen LogP contribution in [-0.4, -0.2) is 68.5 Å². The molecule has 0 unspecified atom stereocenters. The highest BCUT2D eigenvalue weighted by atomic mass is 32.2. The summed E-state index contributed by atoms with van der Waals surface area (Å²) in [7, 11) is -2.42. The van der Waals surface area contributed by atoms with Crippen molar-refractivity contribution in [2.75, 3.05) is 48.8 Å². The molecule has 180 valence electrons. The van der Waals surface area contributed by atoms with Crippen LogP contribution in [0.1, 0.15) is 16.1 Å². The number of benzene rings is 1. The van der Waals surface area contributed by atoms with E-state index in [1.54, 1.807) is 30.3 Å². The molecule has 0 saturated carbocycles. The van der Waals surface area contributed by atoms with Gasteiger partial charge in [0.25, 0.3) is 0 Å². The Hall–Kier alpha value is -3.64. The van der Waals surface area contributed by atoms with Crippen molar-refractivity contribution in [3.8, 4) is 5.75 Å². The summed E-state index contributed by atoms with van der Waals surface area (Å²) in [6.45, 7) is 2.00. The summed E-state index contributed by atoms with van der Waals surface area (Å²) in [5.41, 5.74) is -0.0786. The third-order valence-corrected chi connectivity index (χ3v) is 6.68. The van der Waals surface area contributed by atoms with E-state index in [4.69, 9.17) is 9.47 Å². The zero-order valence-electron chi connectivity index (χ0n) is 18.7. The van der Waals surface area contributed by atoms with Gasteiger partial charge in [-0.3, -0.25) is 13.5 Å². The average Bonchev–Trinajstić information content (AvgIpc) is 2.83. The van der Waals surface area contributed by atoms with Gasteiger partial charge in [-0.1, -0.05) is 30.3 Å². The number of aromatic nitrogens is 2. The first-order chi connectivity index (χ1) is 16.2. The second-order valence-corrected chi connectivity index (χ2v) is 9.79. The molecule has 34 heavy (non-hydrogen) atoms. The lowest BCUT2D eigenvalue weighted by molar-refractivity contribution is 0.0684. The molecular weight excluding hydrogens is 464 g/mol. The fourth-order valence-electron chi connectivity index (χ4n) is 3.60. The Labute approximate surface area is 195 Å². The van der Waals surface area contributed by atoms with Crippen molar-refractivity contribution in [3.05, 3.63) is 64.2 Å². The number of anilines is 2. The van der Waals surface area contributed by atoms with Gasteiger partial charge in [0, 0.05) is 26.3 Å². The van der Waals surface area contributed by atoms with E-state index in [-0.39, 0.29) is 17.9 Å². The van der Waals surface area contributed by atoms with Crippen LogP contribution in [0, 0.1) is 0 Å². The van der Waals surface area contributed by atoms with Crippen LogP contribution in [0.15, 0.2) is 47.4 Å². The van der Waals surface area contributed by atoms with E-state index in [0.717, 1.165) is 20.5 Å². The highest BCUT2D eigenvalue weighted by Crippen LogP contribution is 2.29. The van der Waals surface area contributed by atoms with Gasteiger partial charge in [-0.2, -0.15) is 0 Å². The third-order valence-electron chi connectivity index (χ3n) is 5.49. The van der Waals surface area contributed by atoms with E-state index >= 15 is 0 Å². The summed E-state index contributed by atoms with van der Waals surface area (Å²) >= 11 is 0. The van der Waals surface area contributed by atoms with E-state index in [1.807, 2.05) is 11.0 Å². The number of hydrogen-bond acceptors (Lipinski definition) is 8. The summed E-state index contributed by atoms with van der Waals surface area (Å²) in [5, 5.41) is 9.75. The number of carbonyl (C=O) groups is 1. The molecule has 0 amide bonds. The number of fused-ring (bicyclic) bond motifs is 1. The predicted octanol–water partition coefficient (Wildman–Crippen LogP) is 1.20. The molecule has 12 heteroatoms. The largest absolute Gasteiger partial charge is 0.481 e. The number of carboxylic acid groups (broad SMARTS) is 1. The minimum atomic E-state index is -3.74. The zero-order valence-corrected chi connectivity index (χ0v) is 19.5. The molecule has 11 nitrogen and oxygen atoms in total. The van der Waals surface area contributed by atoms with Crippen molar-refractivity contribution in [2.24, 2.45) is 0 Å². The van der Waals surface area contributed by atoms with Crippen LogP contribution in [0.5, 0.6) is 5.75 Å². The number of sulfonamides is 1. The first-order valence-corrected chi connectivity index (χ1v) is 12.3. The number of rotatable bonds is 7. The molecule has 3 heterocycles. The van der Waals surface area contributed by atoms with Crippen molar-refractivity contribution in [2.45, 2.75) is 6.61 Å². The summed E-state index contributed by atoms with van der Waals surface area (Å²) in [6.07, 6.45) is 2.52. The first-order valence-electron chi connectivity index (χ1n) is 10.4. The summed E-state index contributed by atoms with van der Waals surface area (Å²) < 4.78 is 37.8. The Morgan fingerprint density at radius 1 is 1.24 bits per heavy atom. The van der Waals surface area contributed by atoms with Crippen LogP contribution in [0.2, 0.25) is 0 Å². The van der Waals surface area contributed by atoms with E-state index < -0.39 is 33.0 Å². The van der Waals surface area contributed by atoms with Crippen molar-refractivity contribution < 1.29 is 27.8 Å². The summed E-state index contributed by atoms with van der Waals surface area (Å²) in [4.78, 5) is 31.5. The molecule has 0 atom stereocenters. The second kappa shape index (κ2) is 9.31. The van der Waals surface area contributed by atoms with Crippen molar-refractivity contribution >= 4 is 33.0 Å². The van der Waals surface area contributed by atoms with E-state index in [9.17, 15) is 23.1 Å². The summed E-state index contributed by atoms with van der Waals surface area (Å²) in [6, 6.07) is 10.6. The number of ether oxygens (including phenoxy) is 2. The number of carboxylic acids is 1. The van der Waals surface area contributed by atoms with Crippen LogP contribution >= 0.6 is 0 Å². The Morgan fingerprint density at radius 2 is 1.91 bits per heavy atom. The van der Waals surface area contributed by atoms with Gasteiger partial charge in [-0.15, -0.1) is 0 Å². The van der Waals surface area contributed by atoms with Crippen molar-refractivity contribution in [1.82, 2.24) is 9.38 Å². The summed E-state index contributed by atoms with van der Waals surface area (Å²) in [5.74, 6) is -1.89. The van der Waals surface area contributed by atoms with E-state index in [2.05, 4.69) is 4.98 Å². The number of hydrogen-bond donors (Lipinski definition) is 1. The van der Waals surface area contributed by atoms with Crippen LogP contribution in [-0.2, 0) is 21.4 Å². The molecule has 3 aromatic rings. The van der Waals surface area contributed by atoms with Gasteiger partial charge in [0.15, 0.2) is 11.3 Å². The lowest BCUT2D eigenvalue weighted by Gasteiger charge is -2.30. The van der Waals surface area contributed by atoms with Gasteiger partial charge in [-0.25, -0.2) is 18.2 Å². The SMILES string of the molecule is CN(c1cc(N2CCOCC2)cn2c(=O)c(OCc3ccccc3)c(C(=O)O)nc12)S(C)(=O)=O. The molecule has 1 N–H and O–H groups in total. The number of morpholine rings is 1. The maximum atomic E-state index is 13.5. The third kappa shape index (κ3) is 4.68. The van der Waals surface area contributed by atoms with Crippen LogP contribution in [0.25, 0.3) is 5.65 Å². The molecule has 1 aliphatic heterocycles. The Bertz CT molecular complexity index is 1380. The van der Waals surface area contributed by atoms with Crippen LogP contribution < -0.4 is 19.5 Å². The van der Waals surface area contributed by atoms with Gasteiger partial charge in [0.2, 0.25) is 15.8 Å². The van der Waals surface area contributed by atoms with Crippen molar-refractivity contribution in [1.29, 1.82) is 0 Å². The fourth-order valence-corrected chi connectivity index (χ4v) is 4.09. The number of aromatic carboxylic acids is 1. The maximum Gasteiger partial charge on any atom is 0.358 e. The normalized spacial score (nSPS) is 14.2. The van der Waals surface area contributed by atoms with Crippen LogP contribution in [0.4, 0.5) is 11.4 Å². The van der Waals surface area contributed by atoms with Gasteiger partial charge >= 0.3 is 11.5 Å². The van der Waals surface area contributed by atoms with Gasteiger partial charge < -0.3 is 19.5 Å². The standard InChI is InChI=1S/C22H24N4O7S/c1-24(34(2,30)31)17-12-16(25-8-10-32-11-9-25)13-26-20(17)23-18(22(28)29)19(21(26)27)33-14-15-6-4-3-5-7-15/h3-7,12-13H,8-11,14H2,1-2H3,(H,28,29). The fraction of sp³-hybridized carbons (Fsp3) is 0.318. The highest BCUT2D eigenvalue weighted by Gasteiger charge is 2.26. The minimum absolute atomic E-state index is 0.0383. The molecule has 0 radical (unpaired) electrons. The van der Waals surface area contributed by atoms with Gasteiger partial charge in [-0.05, 0) is 11.6 Å². The molecule has 1 saturated heterocycles. The van der Waals surface area contributed by atoms with Gasteiger partial charge in [0.1, 0.15) is 6.61 Å². The second-order valence-electron chi connectivity index (χ2n) is 7.78. The smallest absolute Gasteiger partial charge is 0.358 e. The first kappa shape index (κ1) is 23.5. The molecule has 4 rings (SSSR count). The Morgan fingerprint density at radius 3 is 2.53 bits per heavy atom. The molecule has 1 aromatic carbocycles. The highest BCUT2D eigenvalue weighted by molar-refractivity contribution is 7.92. The molecule has 1 fully saturated rings. The molecule has 0 bridgehead atoms. The Kier molecular flexibility index (Phi) is 6.44. The quantitative estimate of drug-likeness (QED) is 0.521. The molecule has 0 aliphatic carbocycles. The average molecular weight is 489 g/mol. The minimum Gasteiger partial charge on any atom is -0.481 e. The zero-order chi connectivity index (χ0) is 24.5. The molecule has 1 aliphatic rings. The lowest BCUT2D eigenvalue weighted by Crippen LogP contribution is -2.37. The van der Waals surface area contributed by atoms with Gasteiger partial charge in [0.05, 0.1) is 30.8 Å². The monoisotopic (exact) mass is 488 g/mol.